The fourth-order valence-corrected chi connectivity index (χ4v) is 0.692. The molecule has 0 aliphatic carbocycles. The summed E-state index contributed by atoms with van der Waals surface area (Å²) in [5, 5.41) is 0. The Balaban J connectivity index is 3.89. The molecule has 0 saturated carbocycles. The molecule has 0 atom stereocenters. The number of hydrogen-bond acceptors (Lipinski definition) is 2. The van der Waals surface area contributed by atoms with Crippen molar-refractivity contribution in [3.05, 3.63) is 18.6 Å². The van der Waals surface area contributed by atoms with Crippen molar-refractivity contribution in [3.63, 3.8) is 0 Å². The molecule has 0 rings (SSSR count). The van der Waals surface area contributed by atoms with Gasteiger partial charge in [-0.15, -0.1) is 0 Å². The van der Waals surface area contributed by atoms with Crippen molar-refractivity contribution >= 4 is 0 Å². The van der Waals surface area contributed by atoms with Crippen molar-refractivity contribution in [2.24, 2.45) is 0 Å². The first-order valence-corrected chi connectivity index (χ1v) is 4.98. The van der Waals surface area contributed by atoms with Crippen LogP contribution < -0.4 is 0 Å². The van der Waals surface area contributed by atoms with Crippen LogP contribution in [0.1, 0.15) is 48.0 Å². The van der Waals surface area contributed by atoms with E-state index in [0.717, 1.165) is 12.0 Å². The third-order valence-corrected chi connectivity index (χ3v) is 1.46. The van der Waals surface area contributed by atoms with Gasteiger partial charge >= 0.3 is 0 Å². The molecule has 14 heavy (non-hydrogen) atoms. The predicted molar refractivity (Wildman–Crippen MR) is 59.7 cm³/mol. The van der Waals surface area contributed by atoms with E-state index in [1.54, 1.807) is 0 Å². The highest BCUT2D eigenvalue weighted by atomic mass is 17.2. The molecule has 2 heteroatoms. The van der Waals surface area contributed by atoms with Crippen LogP contribution in [0.5, 0.6) is 0 Å². The minimum atomic E-state index is -0.299. The standard InChI is InChI=1S/C12H23O2/c1-10(2)8-9-12(6,7)14-13-11(3,4)5/h8H,1,9H2,2-7H3. The normalized spacial score (nSPS) is 13.0. The quantitative estimate of drug-likeness (QED) is 0.496. The molecule has 0 saturated heterocycles. The average molecular weight is 199 g/mol. The lowest BCUT2D eigenvalue weighted by Crippen LogP contribution is -2.30. The highest BCUT2D eigenvalue weighted by Gasteiger charge is 2.23. The summed E-state index contributed by atoms with van der Waals surface area (Å²) >= 11 is 0. The second-order valence-electron chi connectivity index (χ2n) is 5.29. The molecule has 0 heterocycles. The summed E-state index contributed by atoms with van der Waals surface area (Å²) in [6.07, 6.45) is 2.85. The maximum absolute atomic E-state index is 5.37. The fourth-order valence-electron chi connectivity index (χ4n) is 0.692. The van der Waals surface area contributed by atoms with Gasteiger partial charge in [-0.2, -0.15) is 0 Å². The van der Waals surface area contributed by atoms with E-state index in [1.165, 1.54) is 0 Å². The summed E-state index contributed by atoms with van der Waals surface area (Å²) in [5.74, 6) is 0. The highest BCUT2D eigenvalue weighted by molar-refractivity contribution is 5.05. The molecule has 2 nitrogen and oxygen atoms in total. The molecule has 0 aliphatic rings. The summed E-state index contributed by atoms with van der Waals surface area (Å²) in [7, 11) is 0. The van der Waals surface area contributed by atoms with Gasteiger partial charge in [0.25, 0.3) is 0 Å². The largest absolute Gasteiger partial charge is 0.230 e. The van der Waals surface area contributed by atoms with E-state index in [4.69, 9.17) is 9.78 Å². The van der Waals surface area contributed by atoms with Crippen molar-refractivity contribution in [2.45, 2.75) is 59.2 Å². The zero-order chi connectivity index (χ0) is 11.4. The molecule has 0 aromatic heterocycles. The maximum Gasteiger partial charge on any atom is 0.0986 e. The van der Waals surface area contributed by atoms with Crippen molar-refractivity contribution in [3.8, 4) is 0 Å². The zero-order valence-corrected chi connectivity index (χ0v) is 10.3. The lowest BCUT2D eigenvalue weighted by atomic mass is 10.0. The molecule has 1 radical (unpaired) electrons. The van der Waals surface area contributed by atoms with Crippen LogP contribution in [-0.2, 0) is 9.78 Å². The van der Waals surface area contributed by atoms with Crippen LogP contribution in [-0.4, -0.2) is 11.2 Å². The molecule has 0 fully saturated rings. The first-order valence-electron chi connectivity index (χ1n) is 4.98. The van der Waals surface area contributed by atoms with E-state index in [2.05, 4.69) is 6.58 Å². The van der Waals surface area contributed by atoms with E-state index < -0.39 is 0 Å². The van der Waals surface area contributed by atoms with Crippen LogP contribution in [0.3, 0.4) is 0 Å². The third-order valence-electron chi connectivity index (χ3n) is 1.46. The van der Waals surface area contributed by atoms with Gasteiger partial charge in [-0.1, -0.05) is 12.2 Å². The van der Waals surface area contributed by atoms with Gasteiger partial charge in [-0.25, -0.2) is 9.78 Å². The molecule has 0 bridgehead atoms. The van der Waals surface area contributed by atoms with Crippen molar-refractivity contribution in [1.82, 2.24) is 0 Å². The first-order chi connectivity index (χ1) is 6.12. The lowest BCUT2D eigenvalue weighted by molar-refractivity contribution is -0.396. The molecule has 0 aromatic carbocycles. The van der Waals surface area contributed by atoms with E-state index in [-0.39, 0.29) is 11.2 Å². The van der Waals surface area contributed by atoms with Crippen LogP contribution in [0.2, 0.25) is 0 Å². The van der Waals surface area contributed by atoms with Crippen molar-refractivity contribution in [1.29, 1.82) is 0 Å². The molecule has 0 N–H and O–H groups in total. The Kier molecular flexibility index (Phi) is 4.82. The van der Waals surface area contributed by atoms with Gasteiger partial charge in [-0.05, 0) is 54.4 Å². The Labute approximate surface area is 88.2 Å². The molecular weight excluding hydrogens is 176 g/mol. The second-order valence-corrected chi connectivity index (χ2v) is 5.29. The summed E-state index contributed by atoms with van der Waals surface area (Å²) in [5.41, 5.74) is 0.490. The Hall–Kier alpha value is -0.340. The van der Waals surface area contributed by atoms with Crippen LogP contribution in [0, 0.1) is 6.42 Å². The van der Waals surface area contributed by atoms with Gasteiger partial charge in [0.05, 0.1) is 11.2 Å². The van der Waals surface area contributed by atoms with Gasteiger partial charge in [-0.3, -0.25) is 0 Å². The molecule has 0 aromatic rings. The van der Waals surface area contributed by atoms with Gasteiger partial charge < -0.3 is 0 Å². The SMILES string of the molecule is C=C(C)[CH]CC(C)(C)OOC(C)(C)C. The van der Waals surface area contributed by atoms with E-state index in [0.29, 0.717) is 0 Å². The van der Waals surface area contributed by atoms with Gasteiger partial charge in [0.2, 0.25) is 0 Å². The van der Waals surface area contributed by atoms with Crippen LogP contribution in [0.25, 0.3) is 0 Å². The highest BCUT2D eigenvalue weighted by Crippen LogP contribution is 2.21. The molecule has 83 valence electrons. The molecule has 0 aliphatic heterocycles. The Morgan fingerprint density at radius 3 is 2.00 bits per heavy atom. The van der Waals surface area contributed by atoms with Gasteiger partial charge in [0.1, 0.15) is 0 Å². The lowest BCUT2D eigenvalue weighted by Gasteiger charge is -2.28. The number of hydrogen-bond donors (Lipinski definition) is 0. The number of rotatable bonds is 5. The topological polar surface area (TPSA) is 18.5 Å². The van der Waals surface area contributed by atoms with Crippen LogP contribution >= 0.6 is 0 Å². The monoisotopic (exact) mass is 199 g/mol. The Morgan fingerprint density at radius 2 is 1.64 bits per heavy atom. The molecule has 0 spiro atoms. The minimum absolute atomic E-state index is 0.263. The van der Waals surface area contributed by atoms with Crippen molar-refractivity contribution in [2.75, 3.05) is 0 Å². The summed E-state index contributed by atoms with van der Waals surface area (Å²) < 4.78 is 0. The molecular formula is C12H23O2. The number of allylic oxidation sites excluding steroid dienone is 1. The summed E-state index contributed by atoms with van der Waals surface area (Å²) in [6, 6.07) is 0. The Bertz CT molecular complexity index is 187. The molecule has 0 unspecified atom stereocenters. The maximum atomic E-state index is 5.37. The average Bonchev–Trinajstić information content (AvgIpc) is 1.97. The Morgan fingerprint density at radius 1 is 1.14 bits per heavy atom. The summed E-state index contributed by atoms with van der Waals surface area (Å²) in [4.78, 5) is 10.6. The van der Waals surface area contributed by atoms with E-state index in [9.17, 15) is 0 Å². The van der Waals surface area contributed by atoms with Crippen molar-refractivity contribution < 1.29 is 9.78 Å². The third kappa shape index (κ3) is 8.27. The predicted octanol–water partition coefficient (Wildman–Crippen LogP) is 3.68. The van der Waals surface area contributed by atoms with Crippen LogP contribution in [0.15, 0.2) is 12.2 Å². The van der Waals surface area contributed by atoms with E-state index >= 15 is 0 Å². The smallest absolute Gasteiger partial charge is 0.0986 e. The second kappa shape index (κ2) is 4.94. The van der Waals surface area contributed by atoms with Crippen LogP contribution in [0.4, 0.5) is 0 Å². The first kappa shape index (κ1) is 13.7. The van der Waals surface area contributed by atoms with Gasteiger partial charge in [0.15, 0.2) is 0 Å². The van der Waals surface area contributed by atoms with Gasteiger partial charge in [0, 0.05) is 0 Å². The summed E-state index contributed by atoms with van der Waals surface area (Å²) in [6.45, 7) is 15.7. The zero-order valence-electron chi connectivity index (χ0n) is 10.3. The molecule has 0 amide bonds. The fraction of sp³-hybridized carbons (Fsp3) is 0.750. The minimum Gasteiger partial charge on any atom is -0.230 e. The van der Waals surface area contributed by atoms with E-state index in [1.807, 2.05) is 48.0 Å².